The Labute approximate surface area is 161 Å². The first-order valence-corrected chi connectivity index (χ1v) is 9.22. The topological polar surface area (TPSA) is 95.4 Å². The van der Waals surface area contributed by atoms with Crippen LogP contribution in [0.5, 0.6) is 0 Å². The number of hydrogen-bond donors (Lipinski definition) is 4. The molecule has 5 rings (SSSR count). The molecule has 6 heteroatoms. The van der Waals surface area contributed by atoms with E-state index in [-0.39, 0.29) is 5.95 Å². The van der Waals surface area contributed by atoms with Crippen molar-refractivity contribution in [2.45, 2.75) is 13.0 Å². The molecule has 0 aliphatic rings. The number of rotatable bonds is 5. The fourth-order valence-electron chi connectivity index (χ4n) is 3.58. The van der Waals surface area contributed by atoms with E-state index in [1.54, 1.807) is 0 Å². The normalized spacial score (nSPS) is 11.3. The van der Waals surface area contributed by atoms with Crippen LogP contribution in [0.1, 0.15) is 16.7 Å². The van der Waals surface area contributed by atoms with Crippen LogP contribution in [0.3, 0.4) is 0 Å². The van der Waals surface area contributed by atoms with E-state index in [4.69, 9.17) is 5.73 Å². The van der Waals surface area contributed by atoms with E-state index in [2.05, 4.69) is 67.7 Å². The summed E-state index contributed by atoms with van der Waals surface area (Å²) >= 11 is 0. The third-order valence-electron chi connectivity index (χ3n) is 5.02. The van der Waals surface area contributed by atoms with Gasteiger partial charge in [-0.1, -0.05) is 24.3 Å². The molecular weight excluding hydrogens is 348 g/mol. The number of anilines is 2. The van der Waals surface area contributed by atoms with E-state index < -0.39 is 0 Å². The summed E-state index contributed by atoms with van der Waals surface area (Å²) in [5, 5.41) is 5.84. The van der Waals surface area contributed by atoms with E-state index in [1.807, 2.05) is 24.7 Å². The Bertz CT molecular complexity index is 1270. The quantitative estimate of drug-likeness (QED) is 0.373. The lowest BCUT2D eigenvalue weighted by atomic mass is 10.1. The van der Waals surface area contributed by atoms with Crippen molar-refractivity contribution in [2.75, 3.05) is 11.1 Å². The second-order valence-corrected chi connectivity index (χ2v) is 6.89. The molecule has 0 aliphatic heterocycles. The number of aromatic amines is 2. The molecule has 0 unspecified atom stereocenters. The van der Waals surface area contributed by atoms with Crippen LogP contribution in [-0.4, -0.2) is 19.9 Å². The summed E-state index contributed by atoms with van der Waals surface area (Å²) in [4.78, 5) is 15.2. The molecule has 3 aromatic heterocycles. The summed E-state index contributed by atoms with van der Waals surface area (Å²) < 4.78 is 0. The number of benzene rings is 2. The maximum absolute atomic E-state index is 5.85. The van der Waals surface area contributed by atoms with Gasteiger partial charge in [-0.25, -0.2) is 4.98 Å². The molecule has 0 atom stereocenters. The molecule has 0 amide bonds. The largest absolute Gasteiger partial charge is 0.368 e. The molecule has 5 aromatic rings. The van der Waals surface area contributed by atoms with Crippen LogP contribution in [0.4, 0.5) is 11.8 Å². The highest BCUT2D eigenvalue weighted by molar-refractivity contribution is 5.83. The zero-order valence-corrected chi connectivity index (χ0v) is 15.2. The predicted molar refractivity (Wildman–Crippen MR) is 113 cm³/mol. The van der Waals surface area contributed by atoms with Gasteiger partial charge in [0.05, 0.1) is 0 Å². The van der Waals surface area contributed by atoms with Gasteiger partial charge < -0.3 is 21.0 Å². The van der Waals surface area contributed by atoms with Gasteiger partial charge in [-0.2, -0.15) is 4.98 Å². The molecular formula is C22H20N6. The maximum atomic E-state index is 5.85. The van der Waals surface area contributed by atoms with Crippen LogP contribution in [0.15, 0.2) is 67.1 Å². The van der Waals surface area contributed by atoms with Gasteiger partial charge in [0, 0.05) is 53.5 Å². The molecule has 28 heavy (non-hydrogen) atoms. The fraction of sp³-hybridized carbons (Fsp3) is 0.0909. The Balaban J connectivity index is 1.41. The van der Waals surface area contributed by atoms with E-state index in [9.17, 15) is 0 Å². The molecule has 0 fully saturated rings. The molecule has 138 valence electrons. The third kappa shape index (κ3) is 3.05. The Hall–Kier alpha value is -3.80. The number of nitrogens with two attached hydrogens (primary N) is 1. The van der Waals surface area contributed by atoms with Gasteiger partial charge >= 0.3 is 0 Å². The van der Waals surface area contributed by atoms with Crippen molar-refractivity contribution in [2.24, 2.45) is 0 Å². The maximum Gasteiger partial charge on any atom is 0.221 e. The van der Waals surface area contributed by atoms with Crippen LogP contribution in [0.2, 0.25) is 0 Å². The van der Waals surface area contributed by atoms with E-state index >= 15 is 0 Å². The van der Waals surface area contributed by atoms with Crippen LogP contribution in [0, 0.1) is 0 Å². The molecule has 0 bridgehead atoms. The molecule has 0 radical (unpaired) electrons. The average molecular weight is 368 g/mol. The Kier molecular flexibility index (Phi) is 3.94. The second-order valence-electron chi connectivity index (χ2n) is 6.89. The highest BCUT2D eigenvalue weighted by Gasteiger charge is 2.10. The number of fused-ring (bicyclic) bond motifs is 2. The van der Waals surface area contributed by atoms with Gasteiger partial charge in [-0.05, 0) is 40.8 Å². The Morgan fingerprint density at radius 2 is 1.89 bits per heavy atom. The molecule has 0 aliphatic carbocycles. The highest BCUT2D eigenvalue weighted by Crippen LogP contribution is 2.24. The zero-order chi connectivity index (χ0) is 18.9. The molecule has 6 nitrogen and oxygen atoms in total. The smallest absolute Gasteiger partial charge is 0.221 e. The minimum Gasteiger partial charge on any atom is -0.368 e. The van der Waals surface area contributed by atoms with Gasteiger partial charge in [-0.3, -0.25) is 0 Å². The number of hydrogen-bond acceptors (Lipinski definition) is 4. The molecule has 5 N–H and O–H groups in total. The highest BCUT2D eigenvalue weighted by atomic mass is 15.1. The summed E-state index contributed by atoms with van der Waals surface area (Å²) in [7, 11) is 0. The third-order valence-corrected chi connectivity index (χ3v) is 5.02. The first-order chi connectivity index (χ1) is 13.8. The van der Waals surface area contributed by atoms with E-state index in [0.717, 1.165) is 28.8 Å². The van der Waals surface area contributed by atoms with Crippen LogP contribution >= 0.6 is 0 Å². The summed E-state index contributed by atoms with van der Waals surface area (Å²) in [6.45, 7) is 0.665. The number of aromatic nitrogens is 4. The predicted octanol–water partition coefficient (Wildman–Crippen LogP) is 4.22. The Morgan fingerprint density at radius 1 is 0.964 bits per heavy atom. The first-order valence-electron chi connectivity index (χ1n) is 9.22. The number of nitrogen functional groups attached to an aromatic ring is 1. The van der Waals surface area contributed by atoms with Crippen LogP contribution in [0.25, 0.3) is 21.8 Å². The van der Waals surface area contributed by atoms with Crippen molar-refractivity contribution in [3.8, 4) is 0 Å². The van der Waals surface area contributed by atoms with Crippen molar-refractivity contribution in [1.82, 2.24) is 19.9 Å². The van der Waals surface area contributed by atoms with Crippen molar-refractivity contribution >= 4 is 33.6 Å². The lowest BCUT2D eigenvalue weighted by Gasteiger charge is -2.11. The lowest BCUT2D eigenvalue weighted by Crippen LogP contribution is -2.08. The molecule has 0 saturated heterocycles. The monoisotopic (exact) mass is 368 g/mol. The molecule has 0 spiro atoms. The number of nitrogens with zero attached hydrogens (tertiary/aromatic N) is 2. The Morgan fingerprint density at radius 3 is 2.86 bits per heavy atom. The standard InChI is InChI=1S/C22H20N6/c23-22-27-13-17(10-16-12-25-20-4-2-1-3-18(16)20)21(28-22)26-11-14-5-6-19-15(9-14)7-8-24-19/h1-9,12-13,24-25H,10-11H2,(H3,23,26,27,28). The number of para-hydroxylation sites is 1. The van der Waals surface area contributed by atoms with Gasteiger partial charge in [-0.15, -0.1) is 0 Å². The SMILES string of the molecule is Nc1ncc(Cc2c[nH]c3ccccc23)c(NCc2ccc3[nH]ccc3c2)n1. The first kappa shape index (κ1) is 16.4. The molecule has 3 heterocycles. The van der Waals surface area contributed by atoms with Crippen molar-refractivity contribution in [1.29, 1.82) is 0 Å². The van der Waals surface area contributed by atoms with Gasteiger partial charge in [0.1, 0.15) is 5.82 Å². The van der Waals surface area contributed by atoms with Gasteiger partial charge in [0.15, 0.2) is 0 Å². The van der Waals surface area contributed by atoms with Crippen molar-refractivity contribution in [3.63, 3.8) is 0 Å². The summed E-state index contributed by atoms with van der Waals surface area (Å²) in [5.41, 5.74) is 11.5. The minimum absolute atomic E-state index is 0.270. The minimum atomic E-state index is 0.270. The summed E-state index contributed by atoms with van der Waals surface area (Å²) in [5.74, 6) is 1.04. The second kappa shape index (κ2) is 6.74. The average Bonchev–Trinajstić information content (AvgIpc) is 3.35. The molecule has 0 saturated carbocycles. The van der Waals surface area contributed by atoms with Gasteiger partial charge in [0.25, 0.3) is 0 Å². The molecule has 2 aromatic carbocycles. The lowest BCUT2D eigenvalue weighted by molar-refractivity contribution is 1.04. The van der Waals surface area contributed by atoms with Crippen LogP contribution < -0.4 is 11.1 Å². The van der Waals surface area contributed by atoms with Gasteiger partial charge in [0.2, 0.25) is 5.95 Å². The van der Waals surface area contributed by atoms with E-state index in [1.165, 1.54) is 21.9 Å². The number of H-pyrrole nitrogens is 2. The fourth-order valence-corrected chi connectivity index (χ4v) is 3.58. The van der Waals surface area contributed by atoms with Crippen molar-refractivity contribution < 1.29 is 0 Å². The summed E-state index contributed by atoms with van der Waals surface area (Å²) in [6, 6.07) is 16.7. The van der Waals surface area contributed by atoms with E-state index in [0.29, 0.717) is 6.54 Å². The zero-order valence-electron chi connectivity index (χ0n) is 15.2. The van der Waals surface area contributed by atoms with Crippen molar-refractivity contribution in [3.05, 3.63) is 83.8 Å². The summed E-state index contributed by atoms with van der Waals surface area (Å²) in [6.07, 6.45) is 6.53. The van der Waals surface area contributed by atoms with Crippen LogP contribution in [-0.2, 0) is 13.0 Å². The number of nitrogens with one attached hydrogen (secondary N) is 3.